The van der Waals surface area contributed by atoms with E-state index in [0.29, 0.717) is 47.5 Å². The van der Waals surface area contributed by atoms with E-state index in [1.54, 1.807) is 37.4 Å². The van der Waals surface area contributed by atoms with E-state index < -0.39 is 17.6 Å². The Morgan fingerprint density at radius 1 is 0.967 bits per heavy atom. The maximum atomic E-state index is 13.8. The largest absolute Gasteiger partial charge is 0.497 e. The summed E-state index contributed by atoms with van der Waals surface area (Å²) in [6.45, 7) is 5.72. The van der Waals surface area contributed by atoms with Crippen molar-refractivity contribution < 1.29 is 18.7 Å². The number of likely N-dealkylation sites (tertiary alicyclic amines) is 1. The van der Waals surface area contributed by atoms with Crippen molar-refractivity contribution in [3.05, 3.63) is 65.6 Å². The maximum absolute atomic E-state index is 13.8. The Morgan fingerprint density at radius 3 is 2.23 bits per heavy atom. The summed E-state index contributed by atoms with van der Waals surface area (Å²) in [5.41, 5.74) is 1.64. The zero-order valence-corrected chi connectivity index (χ0v) is 17.4. The second-order valence-corrected chi connectivity index (χ2v) is 8.23. The van der Waals surface area contributed by atoms with Crippen LogP contribution in [0.2, 0.25) is 0 Å². The van der Waals surface area contributed by atoms with Crippen LogP contribution in [-0.4, -0.2) is 36.9 Å². The molecule has 0 bridgehead atoms. The molecule has 0 radical (unpaired) electrons. The van der Waals surface area contributed by atoms with Crippen molar-refractivity contribution >= 4 is 23.1 Å². The number of amides is 2. The molecule has 0 saturated carbocycles. The molecule has 1 fully saturated rings. The summed E-state index contributed by atoms with van der Waals surface area (Å²) in [5, 5.41) is 0. The molecule has 0 N–H and O–H groups in total. The molecule has 2 atom stereocenters. The third-order valence-corrected chi connectivity index (χ3v) is 5.69. The Morgan fingerprint density at radius 2 is 1.63 bits per heavy atom. The van der Waals surface area contributed by atoms with Crippen molar-refractivity contribution in [3.8, 4) is 5.75 Å². The summed E-state index contributed by atoms with van der Waals surface area (Å²) in [7, 11) is 1.58. The highest BCUT2D eigenvalue weighted by Gasteiger charge is 2.43. The average Bonchev–Trinajstić information content (AvgIpc) is 2.97. The lowest BCUT2D eigenvalue weighted by molar-refractivity contribution is -0.120. The number of hydrogen-bond donors (Lipinski definition) is 0. The zero-order valence-electron chi connectivity index (χ0n) is 17.4. The third-order valence-electron chi connectivity index (χ3n) is 5.69. The summed E-state index contributed by atoms with van der Waals surface area (Å²) in [6, 6.07) is 12.7. The summed E-state index contributed by atoms with van der Waals surface area (Å²) in [5.74, 6) is 0.149. The van der Waals surface area contributed by atoms with Crippen LogP contribution >= 0.6 is 0 Å². The highest BCUT2D eigenvalue weighted by molar-refractivity contribution is 6.45. The van der Waals surface area contributed by atoms with Gasteiger partial charge in [-0.1, -0.05) is 32.0 Å². The Kier molecular flexibility index (Phi) is 5.33. The lowest BCUT2D eigenvalue weighted by Crippen LogP contribution is -2.42. The van der Waals surface area contributed by atoms with E-state index >= 15 is 0 Å². The standard InChI is InChI=1S/C24H25FN2O3/c1-15-11-16(2)14-26(13-15)22-21(17-7-9-20(30-3)10-8-17)23(28)27(24(22)29)19-6-4-5-18(25)12-19/h4-10,12,15-16H,11,13-14H2,1-3H3. The number of halogens is 1. The number of imide groups is 1. The highest BCUT2D eigenvalue weighted by atomic mass is 19.1. The van der Waals surface area contributed by atoms with Crippen LogP contribution in [0.25, 0.3) is 5.57 Å². The van der Waals surface area contributed by atoms with E-state index in [2.05, 4.69) is 13.8 Å². The first-order valence-corrected chi connectivity index (χ1v) is 10.2. The first kappa shape index (κ1) is 20.1. The predicted octanol–water partition coefficient (Wildman–Crippen LogP) is 4.10. The minimum atomic E-state index is -0.493. The second-order valence-electron chi connectivity index (χ2n) is 8.23. The number of piperidine rings is 1. The molecule has 30 heavy (non-hydrogen) atoms. The van der Waals surface area contributed by atoms with Crippen molar-refractivity contribution in [1.82, 2.24) is 4.90 Å². The molecule has 1 saturated heterocycles. The van der Waals surface area contributed by atoms with Gasteiger partial charge in [0.05, 0.1) is 18.4 Å². The predicted molar refractivity (Wildman–Crippen MR) is 113 cm³/mol. The van der Waals surface area contributed by atoms with Gasteiger partial charge in [-0.3, -0.25) is 9.59 Å². The zero-order chi connectivity index (χ0) is 21.4. The van der Waals surface area contributed by atoms with Crippen molar-refractivity contribution in [2.75, 3.05) is 25.1 Å². The van der Waals surface area contributed by atoms with Crippen LogP contribution in [0.15, 0.2) is 54.2 Å². The van der Waals surface area contributed by atoms with Gasteiger partial charge in [0.15, 0.2) is 0 Å². The minimum Gasteiger partial charge on any atom is -0.497 e. The molecule has 2 aromatic carbocycles. The Labute approximate surface area is 175 Å². The van der Waals surface area contributed by atoms with Crippen molar-refractivity contribution in [2.24, 2.45) is 11.8 Å². The van der Waals surface area contributed by atoms with Gasteiger partial charge in [-0.15, -0.1) is 0 Å². The number of nitrogens with zero attached hydrogens (tertiary/aromatic N) is 2. The lowest BCUT2D eigenvalue weighted by Gasteiger charge is -2.37. The Hall–Kier alpha value is -3.15. The molecule has 156 valence electrons. The third kappa shape index (κ3) is 3.58. The Balaban J connectivity index is 1.83. The van der Waals surface area contributed by atoms with Gasteiger partial charge in [0.1, 0.15) is 17.3 Å². The van der Waals surface area contributed by atoms with E-state index in [1.165, 1.54) is 18.2 Å². The van der Waals surface area contributed by atoms with Gasteiger partial charge >= 0.3 is 0 Å². The van der Waals surface area contributed by atoms with Crippen LogP contribution in [0, 0.1) is 17.7 Å². The SMILES string of the molecule is COc1ccc(C2=C(N3CC(C)CC(C)C3)C(=O)N(c3cccc(F)c3)C2=O)cc1. The number of carbonyl (C=O) groups excluding carboxylic acids is 2. The number of ether oxygens (including phenoxy) is 1. The fourth-order valence-corrected chi connectivity index (χ4v) is 4.52. The van der Waals surface area contributed by atoms with Crippen molar-refractivity contribution in [3.63, 3.8) is 0 Å². The van der Waals surface area contributed by atoms with Gasteiger partial charge in [-0.25, -0.2) is 9.29 Å². The van der Waals surface area contributed by atoms with Crippen LogP contribution in [0.5, 0.6) is 5.75 Å². The molecule has 2 aromatic rings. The second kappa shape index (κ2) is 7.94. The molecule has 2 heterocycles. The van der Waals surface area contributed by atoms with E-state index in [9.17, 15) is 14.0 Å². The normalized spacial score (nSPS) is 22.1. The van der Waals surface area contributed by atoms with Crippen molar-refractivity contribution in [1.29, 1.82) is 0 Å². The first-order valence-electron chi connectivity index (χ1n) is 10.2. The van der Waals surface area contributed by atoms with E-state index in [4.69, 9.17) is 4.74 Å². The molecule has 2 amide bonds. The van der Waals surface area contributed by atoms with Crippen molar-refractivity contribution in [2.45, 2.75) is 20.3 Å². The van der Waals surface area contributed by atoms with Crippen LogP contribution < -0.4 is 9.64 Å². The lowest BCUT2D eigenvalue weighted by atomic mass is 9.91. The number of rotatable bonds is 4. The first-order chi connectivity index (χ1) is 14.4. The van der Waals surface area contributed by atoms with Gasteiger partial charge in [0.2, 0.25) is 0 Å². The molecule has 5 nitrogen and oxygen atoms in total. The van der Waals surface area contributed by atoms with Gasteiger partial charge in [-0.05, 0) is 54.2 Å². The fourth-order valence-electron chi connectivity index (χ4n) is 4.52. The maximum Gasteiger partial charge on any atom is 0.282 e. The van der Waals surface area contributed by atoms with Crippen LogP contribution in [0.1, 0.15) is 25.8 Å². The molecular formula is C24H25FN2O3. The van der Waals surface area contributed by atoms with E-state index in [-0.39, 0.29) is 5.69 Å². The molecule has 0 aliphatic carbocycles. The highest BCUT2D eigenvalue weighted by Crippen LogP contribution is 2.37. The summed E-state index contributed by atoms with van der Waals surface area (Å²) >= 11 is 0. The number of hydrogen-bond acceptors (Lipinski definition) is 4. The molecule has 0 spiro atoms. The average molecular weight is 408 g/mol. The van der Waals surface area contributed by atoms with Crippen LogP contribution in [0.4, 0.5) is 10.1 Å². The molecule has 2 aliphatic heterocycles. The summed E-state index contributed by atoms with van der Waals surface area (Å²) in [4.78, 5) is 30.1. The number of carbonyl (C=O) groups is 2. The van der Waals surface area contributed by atoms with Crippen LogP contribution in [-0.2, 0) is 9.59 Å². The van der Waals surface area contributed by atoms with Gasteiger partial charge in [0.25, 0.3) is 11.8 Å². The fraction of sp³-hybridized carbons (Fsp3) is 0.333. The number of benzene rings is 2. The quantitative estimate of drug-likeness (QED) is 0.715. The number of methoxy groups -OCH3 is 1. The summed E-state index contributed by atoms with van der Waals surface area (Å²) < 4.78 is 19.1. The Bertz CT molecular complexity index is 1010. The van der Waals surface area contributed by atoms with E-state index in [0.717, 1.165) is 11.3 Å². The molecular weight excluding hydrogens is 383 g/mol. The molecule has 2 unspecified atom stereocenters. The van der Waals surface area contributed by atoms with E-state index in [1.807, 2.05) is 4.90 Å². The number of anilines is 1. The smallest absolute Gasteiger partial charge is 0.282 e. The topological polar surface area (TPSA) is 49.9 Å². The van der Waals surface area contributed by atoms with Gasteiger partial charge in [-0.2, -0.15) is 0 Å². The summed E-state index contributed by atoms with van der Waals surface area (Å²) in [6.07, 6.45) is 1.08. The monoisotopic (exact) mass is 408 g/mol. The minimum absolute atomic E-state index is 0.240. The van der Waals surface area contributed by atoms with Gasteiger partial charge < -0.3 is 9.64 Å². The van der Waals surface area contributed by atoms with Crippen LogP contribution in [0.3, 0.4) is 0 Å². The molecule has 4 rings (SSSR count). The van der Waals surface area contributed by atoms with Gasteiger partial charge in [0, 0.05) is 13.1 Å². The molecule has 2 aliphatic rings. The molecule has 0 aromatic heterocycles. The molecule has 6 heteroatoms.